The molecular weight excluding hydrogens is 444 g/mol. The fraction of sp³-hybridized carbons (Fsp3) is 0.464. The number of hydrogen-bond acceptors (Lipinski definition) is 6. The predicted molar refractivity (Wildman–Crippen MR) is 134 cm³/mol. The number of imidazole rings is 1. The molecule has 188 valence electrons. The van der Waals surface area contributed by atoms with Crippen molar-refractivity contribution in [1.29, 1.82) is 0 Å². The van der Waals surface area contributed by atoms with Gasteiger partial charge in [-0.05, 0) is 48.2 Å². The molecule has 2 atom stereocenters. The summed E-state index contributed by atoms with van der Waals surface area (Å²) in [5.74, 6) is 1.03. The van der Waals surface area contributed by atoms with Crippen LogP contribution in [-0.4, -0.2) is 48.4 Å². The average molecular weight is 481 g/mol. The Hall–Kier alpha value is -2.87. The molecule has 0 amide bonds. The Morgan fingerprint density at radius 1 is 1.06 bits per heavy atom. The highest BCUT2D eigenvalue weighted by atomic mass is 16.8. The first-order valence-electron chi connectivity index (χ1n) is 12.4. The van der Waals surface area contributed by atoms with E-state index in [1.807, 2.05) is 47.2 Å². The Balaban J connectivity index is 1.31. The third-order valence-corrected chi connectivity index (χ3v) is 6.11. The highest BCUT2D eigenvalue weighted by Gasteiger charge is 2.41. The first-order valence-corrected chi connectivity index (χ1v) is 12.4. The van der Waals surface area contributed by atoms with Crippen molar-refractivity contribution in [2.24, 2.45) is 0 Å². The van der Waals surface area contributed by atoms with Crippen LogP contribution in [0.25, 0.3) is 0 Å². The average Bonchev–Trinajstić information content (AvgIpc) is 3.55. The molecule has 0 bridgehead atoms. The maximum absolute atomic E-state index is 6.47. The van der Waals surface area contributed by atoms with Gasteiger partial charge in [-0.15, -0.1) is 0 Å². The van der Waals surface area contributed by atoms with E-state index >= 15 is 0 Å². The van der Waals surface area contributed by atoms with Gasteiger partial charge in [-0.2, -0.15) is 0 Å². The van der Waals surface area contributed by atoms with E-state index in [4.69, 9.17) is 23.7 Å². The molecule has 1 saturated heterocycles. The lowest BCUT2D eigenvalue weighted by Crippen LogP contribution is -2.37. The SMILES string of the molecule is CCCCOc1ccc(CCC2(Cn3ccnc3)OCC(COCc3ccc(OC)cc3)O2)cc1. The summed E-state index contributed by atoms with van der Waals surface area (Å²) < 4.78 is 31.7. The van der Waals surface area contributed by atoms with Crippen LogP contribution in [0.3, 0.4) is 0 Å². The summed E-state index contributed by atoms with van der Waals surface area (Å²) >= 11 is 0. The zero-order valence-corrected chi connectivity index (χ0v) is 20.7. The van der Waals surface area contributed by atoms with E-state index in [9.17, 15) is 0 Å². The van der Waals surface area contributed by atoms with E-state index in [2.05, 4.69) is 24.0 Å². The molecule has 3 aromatic rings. The van der Waals surface area contributed by atoms with Crippen LogP contribution in [0.1, 0.15) is 37.3 Å². The molecule has 0 spiro atoms. The van der Waals surface area contributed by atoms with Crippen molar-refractivity contribution >= 4 is 0 Å². The van der Waals surface area contributed by atoms with E-state index in [1.165, 1.54) is 5.56 Å². The van der Waals surface area contributed by atoms with Gasteiger partial charge in [-0.25, -0.2) is 4.98 Å². The van der Waals surface area contributed by atoms with Crippen molar-refractivity contribution in [2.75, 3.05) is 26.9 Å². The predicted octanol–water partition coefficient (Wildman–Crippen LogP) is 5.03. The molecule has 1 aliphatic rings. The first-order chi connectivity index (χ1) is 17.2. The van der Waals surface area contributed by atoms with Gasteiger partial charge in [0.15, 0.2) is 5.79 Å². The first kappa shape index (κ1) is 25.2. The van der Waals surface area contributed by atoms with Crippen LogP contribution in [0.4, 0.5) is 0 Å². The van der Waals surface area contributed by atoms with E-state index in [-0.39, 0.29) is 6.10 Å². The number of aryl methyl sites for hydroxylation is 1. The Morgan fingerprint density at radius 2 is 1.83 bits per heavy atom. The molecule has 2 heterocycles. The number of rotatable bonds is 14. The summed E-state index contributed by atoms with van der Waals surface area (Å²) in [6.45, 7) is 5.00. The molecule has 7 heteroatoms. The Morgan fingerprint density at radius 3 is 2.54 bits per heavy atom. The van der Waals surface area contributed by atoms with Crippen LogP contribution in [0.15, 0.2) is 67.3 Å². The van der Waals surface area contributed by atoms with E-state index in [1.54, 1.807) is 19.6 Å². The van der Waals surface area contributed by atoms with Crippen molar-refractivity contribution in [3.05, 3.63) is 78.4 Å². The van der Waals surface area contributed by atoms with Crippen molar-refractivity contribution < 1.29 is 23.7 Å². The summed E-state index contributed by atoms with van der Waals surface area (Å²) in [5.41, 5.74) is 2.32. The second kappa shape index (κ2) is 12.7. The van der Waals surface area contributed by atoms with Gasteiger partial charge in [0.1, 0.15) is 17.6 Å². The third kappa shape index (κ3) is 7.56. The maximum Gasteiger partial charge on any atom is 0.187 e. The highest BCUT2D eigenvalue weighted by Crippen LogP contribution is 2.31. The maximum atomic E-state index is 6.47. The van der Waals surface area contributed by atoms with E-state index in [0.29, 0.717) is 26.4 Å². The lowest BCUT2D eigenvalue weighted by molar-refractivity contribution is -0.187. The summed E-state index contributed by atoms with van der Waals surface area (Å²) in [5, 5.41) is 0. The Bertz CT molecular complexity index is 991. The molecule has 1 aliphatic heterocycles. The largest absolute Gasteiger partial charge is 0.497 e. The Labute approximate surface area is 207 Å². The van der Waals surface area contributed by atoms with Crippen molar-refractivity contribution in [1.82, 2.24) is 9.55 Å². The van der Waals surface area contributed by atoms with Gasteiger partial charge in [0.25, 0.3) is 0 Å². The molecule has 35 heavy (non-hydrogen) atoms. The Kier molecular flexibility index (Phi) is 9.17. The van der Waals surface area contributed by atoms with Crippen LogP contribution >= 0.6 is 0 Å². The second-order valence-corrected chi connectivity index (χ2v) is 8.91. The number of nitrogens with zero attached hydrogens (tertiary/aromatic N) is 2. The van der Waals surface area contributed by atoms with Crippen LogP contribution in [0.5, 0.6) is 11.5 Å². The number of unbranched alkanes of at least 4 members (excludes halogenated alkanes) is 1. The van der Waals surface area contributed by atoms with Gasteiger partial charge >= 0.3 is 0 Å². The normalized spacial score (nSPS) is 19.7. The summed E-state index contributed by atoms with van der Waals surface area (Å²) in [4.78, 5) is 4.17. The van der Waals surface area contributed by atoms with Crippen molar-refractivity contribution in [3.8, 4) is 11.5 Å². The lowest BCUT2D eigenvalue weighted by atomic mass is 10.0. The zero-order chi connectivity index (χ0) is 24.3. The van der Waals surface area contributed by atoms with Crippen LogP contribution in [0.2, 0.25) is 0 Å². The smallest absolute Gasteiger partial charge is 0.187 e. The molecule has 1 fully saturated rings. The monoisotopic (exact) mass is 480 g/mol. The molecule has 0 N–H and O–H groups in total. The number of aromatic nitrogens is 2. The summed E-state index contributed by atoms with van der Waals surface area (Å²) in [6, 6.07) is 16.2. The molecule has 1 aromatic heterocycles. The van der Waals surface area contributed by atoms with Crippen molar-refractivity contribution in [2.45, 2.75) is 57.6 Å². The molecule has 0 aliphatic carbocycles. The number of hydrogen-bond donors (Lipinski definition) is 0. The van der Waals surface area contributed by atoms with Gasteiger partial charge in [0, 0.05) is 18.8 Å². The van der Waals surface area contributed by atoms with E-state index < -0.39 is 5.79 Å². The van der Waals surface area contributed by atoms with Crippen LogP contribution < -0.4 is 9.47 Å². The molecule has 2 unspecified atom stereocenters. The van der Waals surface area contributed by atoms with Crippen molar-refractivity contribution in [3.63, 3.8) is 0 Å². The molecule has 2 aromatic carbocycles. The quantitative estimate of drug-likeness (QED) is 0.302. The van der Waals surface area contributed by atoms with Gasteiger partial charge in [0.05, 0.1) is 46.4 Å². The number of methoxy groups -OCH3 is 1. The zero-order valence-electron chi connectivity index (χ0n) is 20.7. The second-order valence-electron chi connectivity index (χ2n) is 8.91. The number of ether oxygens (including phenoxy) is 5. The van der Waals surface area contributed by atoms with Gasteiger partial charge < -0.3 is 28.3 Å². The van der Waals surface area contributed by atoms with Crippen LogP contribution in [-0.2, 0) is 33.8 Å². The van der Waals surface area contributed by atoms with Gasteiger partial charge in [-0.3, -0.25) is 0 Å². The molecular formula is C28H36N2O5. The molecule has 0 saturated carbocycles. The van der Waals surface area contributed by atoms with Crippen LogP contribution in [0, 0.1) is 0 Å². The minimum atomic E-state index is -0.717. The topological polar surface area (TPSA) is 64.0 Å². The van der Waals surface area contributed by atoms with Gasteiger partial charge in [-0.1, -0.05) is 37.6 Å². The molecule has 7 nitrogen and oxygen atoms in total. The minimum Gasteiger partial charge on any atom is -0.497 e. The third-order valence-electron chi connectivity index (χ3n) is 6.11. The lowest BCUT2D eigenvalue weighted by Gasteiger charge is -2.28. The fourth-order valence-electron chi connectivity index (χ4n) is 4.10. The highest BCUT2D eigenvalue weighted by molar-refractivity contribution is 5.28. The molecule has 0 radical (unpaired) electrons. The summed E-state index contributed by atoms with van der Waals surface area (Å²) in [6.07, 6.45) is 9.15. The van der Waals surface area contributed by atoms with E-state index in [0.717, 1.165) is 49.4 Å². The molecule has 4 rings (SSSR count). The number of benzene rings is 2. The minimum absolute atomic E-state index is 0.119. The standard InChI is InChI=1S/C28H36N2O5/c1-3-4-17-33-26-11-5-23(6-12-26)13-14-28(21-30-16-15-29-22-30)34-20-27(35-28)19-32-18-24-7-9-25(31-2)10-8-24/h5-12,15-16,22,27H,3-4,13-14,17-21H2,1-2H3. The fourth-order valence-corrected chi connectivity index (χ4v) is 4.10. The summed E-state index contributed by atoms with van der Waals surface area (Å²) in [7, 11) is 1.66. The van der Waals surface area contributed by atoms with Gasteiger partial charge in [0.2, 0.25) is 0 Å².